The van der Waals surface area contributed by atoms with Crippen molar-refractivity contribution in [2.45, 2.75) is 25.3 Å². The van der Waals surface area contributed by atoms with E-state index in [1.165, 1.54) is 0 Å². The van der Waals surface area contributed by atoms with Crippen LogP contribution in [0.15, 0.2) is 48.5 Å². The largest absolute Gasteiger partial charge is 0.492 e. The van der Waals surface area contributed by atoms with E-state index in [1.54, 1.807) is 12.1 Å². The zero-order chi connectivity index (χ0) is 18.4. The van der Waals surface area contributed by atoms with Gasteiger partial charge < -0.3 is 14.6 Å². The molecule has 1 fully saturated rings. The molecule has 1 N–H and O–H groups in total. The van der Waals surface area contributed by atoms with Crippen molar-refractivity contribution in [3.63, 3.8) is 0 Å². The van der Waals surface area contributed by atoms with Gasteiger partial charge in [0, 0.05) is 17.6 Å². The summed E-state index contributed by atoms with van der Waals surface area (Å²) in [6.07, 6.45) is 2.30. The van der Waals surface area contributed by atoms with E-state index in [-0.39, 0.29) is 12.5 Å². The molecule has 1 unspecified atom stereocenters. The highest BCUT2D eigenvalue weighted by molar-refractivity contribution is 6.30. The van der Waals surface area contributed by atoms with Crippen LogP contribution in [0.2, 0.25) is 5.02 Å². The number of ether oxygens (including phenoxy) is 2. The van der Waals surface area contributed by atoms with Crippen molar-refractivity contribution in [2.75, 3.05) is 19.7 Å². The molecular formula is C20H22ClNO4. The Hall–Kier alpha value is -2.24. The number of hydrogen-bond acceptors (Lipinski definition) is 4. The zero-order valence-corrected chi connectivity index (χ0v) is 15.2. The van der Waals surface area contributed by atoms with E-state index in [2.05, 4.69) is 4.90 Å². The van der Waals surface area contributed by atoms with Gasteiger partial charge in [-0.25, -0.2) is 0 Å². The van der Waals surface area contributed by atoms with E-state index in [4.69, 9.17) is 26.2 Å². The first-order chi connectivity index (χ1) is 12.6. The van der Waals surface area contributed by atoms with Crippen LogP contribution in [0.25, 0.3) is 0 Å². The first-order valence-electron chi connectivity index (χ1n) is 8.72. The van der Waals surface area contributed by atoms with Gasteiger partial charge in [0.15, 0.2) is 0 Å². The Morgan fingerprint density at radius 3 is 2.35 bits per heavy atom. The van der Waals surface area contributed by atoms with Crippen LogP contribution in [0.5, 0.6) is 17.2 Å². The van der Waals surface area contributed by atoms with Crippen molar-refractivity contribution in [1.82, 2.24) is 4.90 Å². The molecule has 0 aliphatic carbocycles. The SMILES string of the molecule is O=C(O)CCN1CCCC1COc1ccc(Oc2ccc(Cl)cc2)cc1. The van der Waals surface area contributed by atoms with Gasteiger partial charge in [-0.2, -0.15) is 0 Å². The molecule has 1 saturated heterocycles. The van der Waals surface area contributed by atoms with E-state index in [0.717, 1.165) is 36.6 Å². The molecular weight excluding hydrogens is 354 g/mol. The van der Waals surface area contributed by atoms with Gasteiger partial charge in [0.2, 0.25) is 0 Å². The zero-order valence-electron chi connectivity index (χ0n) is 14.4. The van der Waals surface area contributed by atoms with Gasteiger partial charge in [-0.05, 0) is 67.9 Å². The van der Waals surface area contributed by atoms with Crippen LogP contribution in [0.1, 0.15) is 19.3 Å². The average Bonchev–Trinajstić information content (AvgIpc) is 3.09. The summed E-state index contributed by atoms with van der Waals surface area (Å²) in [6.45, 7) is 2.09. The highest BCUT2D eigenvalue weighted by Gasteiger charge is 2.25. The van der Waals surface area contributed by atoms with Crippen LogP contribution < -0.4 is 9.47 Å². The maximum absolute atomic E-state index is 10.7. The summed E-state index contributed by atoms with van der Waals surface area (Å²) >= 11 is 5.86. The molecule has 2 aromatic carbocycles. The minimum atomic E-state index is -0.757. The van der Waals surface area contributed by atoms with Gasteiger partial charge in [0.05, 0.1) is 6.42 Å². The van der Waals surface area contributed by atoms with Crippen LogP contribution in [0, 0.1) is 0 Å². The van der Waals surface area contributed by atoms with Crippen molar-refractivity contribution >= 4 is 17.6 Å². The van der Waals surface area contributed by atoms with Gasteiger partial charge >= 0.3 is 5.97 Å². The number of carbonyl (C=O) groups is 1. The Balaban J connectivity index is 1.49. The first kappa shape index (κ1) is 18.5. The summed E-state index contributed by atoms with van der Waals surface area (Å²) in [5.74, 6) is 1.47. The Bertz CT molecular complexity index is 718. The van der Waals surface area contributed by atoms with Gasteiger partial charge in [-0.3, -0.25) is 9.69 Å². The van der Waals surface area contributed by atoms with Gasteiger partial charge in [-0.15, -0.1) is 0 Å². The lowest BCUT2D eigenvalue weighted by molar-refractivity contribution is -0.137. The molecule has 0 amide bonds. The second kappa shape index (κ2) is 8.92. The third-order valence-corrected chi connectivity index (χ3v) is 4.68. The topological polar surface area (TPSA) is 59.0 Å². The summed E-state index contributed by atoms with van der Waals surface area (Å²) in [4.78, 5) is 12.9. The number of carboxylic acids is 1. The summed E-state index contributed by atoms with van der Waals surface area (Å²) in [5.41, 5.74) is 0. The van der Waals surface area contributed by atoms with E-state index in [0.29, 0.717) is 18.2 Å². The quantitative estimate of drug-likeness (QED) is 0.738. The van der Waals surface area contributed by atoms with Gasteiger partial charge in [0.25, 0.3) is 0 Å². The van der Waals surface area contributed by atoms with Crippen molar-refractivity contribution < 1.29 is 19.4 Å². The van der Waals surface area contributed by atoms with Crippen molar-refractivity contribution in [1.29, 1.82) is 0 Å². The van der Waals surface area contributed by atoms with Crippen LogP contribution in [0.4, 0.5) is 0 Å². The summed E-state index contributed by atoms with van der Waals surface area (Å²) in [6, 6.07) is 15.0. The molecule has 0 bridgehead atoms. The fourth-order valence-electron chi connectivity index (χ4n) is 3.05. The third kappa shape index (κ3) is 5.38. The fourth-order valence-corrected chi connectivity index (χ4v) is 3.18. The number of likely N-dealkylation sites (tertiary alicyclic amines) is 1. The Labute approximate surface area is 158 Å². The molecule has 1 heterocycles. The van der Waals surface area contributed by atoms with E-state index >= 15 is 0 Å². The Morgan fingerprint density at radius 1 is 1.08 bits per heavy atom. The second-order valence-electron chi connectivity index (χ2n) is 6.31. The number of hydrogen-bond donors (Lipinski definition) is 1. The molecule has 1 aliphatic rings. The highest BCUT2D eigenvalue weighted by atomic mass is 35.5. The Kier molecular flexibility index (Phi) is 6.36. The normalized spacial score (nSPS) is 17.2. The molecule has 1 atom stereocenters. The molecule has 138 valence electrons. The molecule has 0 saturated carbocycles. The summed E-state index contributed by atoms with van der Waals surface area (Å²) < 4.78 is 11.6. The molecule has 0 radical (unpaired) electrons. The lowest BCUT2D eigenvalue weighted by Crippen LogP contribution is -2.35. The second-order valence-corrected chi connectivity index (χ2v) is 6.75. The minimum absolute atomic E-state index is 0.174. The number of benzene rings is 2. The first-order valence-corrected chi connectivity index (χ1v) is 9.10. The monoisotopic (exact) mass is 375 g/mol. The Morgan fingerprint density at radius 2 is 1.69 bits per heavy atom. The summed E-state index contributed by atoms with van der Waals surface area (Å²) in [7, 11) is 0. The molecule has 0 aromatic heterocycles. The minimum Gasteiger partial charge on any atom is -0.492 e. The third-order valence-electron chi connectivity index (χ3n) is 4.43. The molecule has 1 aliphatic heterocycles. The van der Waals surface area contributed by atoms with Crippen LogP contribution in [-0.2, 0) is 4.79 Å². The average molecular weight is 376 g/mol. The van der Waals surface area contributed by atoms with E-state index < -0.39 is 5.97 Å². The van der Waals surface area contributed by atoms with Gasteiger partial charge in [0.1, 0.15) is 23.9 Å². The number of rotatable bonds is 8. The lowest BCUT2D eigenvalue weighted by Gasteiger charge is -2.23. The van der Waals surface area contributed by atoms with Gasteiger partial charge in [-0.1, -0.05) is 11.6 Å². The van der Waals surface area contributed by atoms with Crippen molar-refractivity contribution in [2.24, 2.45) is 0 Å². The molecule has 5 nitrogen and oxygen atoms in total. The predicted molar refractivity (Wildman–Crippen MR) is 100 cm³/mol. The molecule has 6 heteroatoms. The van der Waals surface area contributed by atoms with Crippen LogP contribution in [-0.4, -0.2) is 41.7 Å². The van der Waals surface area contributed by atoms with Crippen LogP contribution in [0.3, 0.4) is 0 Å². The van der Waals surface area contributed by atoms with E-state index in [9.17, 15) is 4.79 Å². The lowest BCUT2D eigenvalue weighted by atomic mass is 10.2. The summed E-state index contributed by atoms with van der Waals surface area (Å²) in [5, 5.41) is 9.51. The molecule has 0 spiro atoms. The molecule has 26 heavy (non-hydrogen) atoms. The highest BCUT2D eigenvalue weighted by Crippen LogP contribution is 2.26. The standard InChI is InChI=1S/C20H22ClNO4/c21-15-3-5-18(6-4-15)26-19-9-7-17(8-10-19)25-14-16-2-1-12-22(16)13-11-20(23)24/h3-10,16H,1-2,11-14H2,(H,23,24). The predicted octanol–water partition coefficient (Wildman–Crippen LogP) is 4.45. The molecule has 3 rings (SSSR count). The maximum atomic E-state index is 10.7. The maximum Gasteiger partial charge on any atom is 0.304 e. The number of carboxylic acid groups (broad SMARTS) is 1. The number of halogens is 1. The smallest absolute Gasteiger partial charge is 0.304 e. The van der Waals surface area contributed by atoms with E-state index in [1.807, 2.05) is 36.4 Å². The van der Waals surface area contributed by atoms with Crippen molar-refractivity contribution in [3.8, 4) is 17.2 Å². The van der Waals surface area contributed by atoms with Crippen molar-refractivity contribution in [3.05, 3.63) is 53.6 Å². The number of nitrogens with zero attached hydrogens (tertiary/aromatic N) is 1. The van der Waals surface area contributed by atoms with Crippen LogP contribution >= 0.6 is 11.6 Å². The number of aliphatic carboxylic acids is 1. The fraction of sp³-hybridized carbons (Fsp3) is 0.350. The molecule has 2 aromatic rings.